The van der Waals surface area contributed by atoms with Crippen molar-refractivity contribution in [2.24, 2.45) is 0 Å². The fourth-order valence-corrected chi connectivity index (χ4v) is 3.08. The van der Waals surface area contributed by atoms with Crippen molar-refractivity contribution in [1.82, 2.24) is 0 Å². The van der Waals surface area contributed by atoms with Crippen molar-refractivity contribution in [3.8, 4) is 5.75 Å². The van der Waals surface area contributed by atoms with Gasteiger partial charge < -0.3 is 4.18 Å². The average molecular weight is 294 g/mol. The molecular weight excluding hydrogens is 279 g/mol. The van der Waals surface area contributed by atoms with Gasteiger partial charge in [-0.15, -0.1) is 0 Å². The number of aryl methyl sites for hydroxylation is 1. The largest absolute Gasteiger partial charge is 0.379 e. The van der Waals surface area contributed by atoms with Crippen molar-refractivity contribution >= 4 is 10.1 Å². The van der Waals surface area contributed by atoms with Crippen LogP contribution in [0.15, 0.2) is 41.3 Å². The summed E-state index contributed by atoms with van der Waals surface area (Å²) in [6.07, 6.45) is 0. The standard InChI is InChI=1S/C15H15FO3S/c1-10-4-9-15(12(3)11(10)2)20(17,18)19-14-7-5-13(16)6-8-14/h4-9H,1-3H3. The summed E-state index contributed by atoms with van der Waals surface area (Å²) in [6, 6.07) is 8.13. The Kier molecular flexibility index (Phi) is 3.81. The summed E-state index contributed by atoms with van der Waals surface area (Å²) in [5.41, 5.74) is 2.59. The van der Waals surface area contributed by atoms with Crippen LogP contribution in [0.2, 0.25) is 0 Å². The normalized spacial score (nSPS) is 11.4. The monoisotopic (exact) mass is 294 g/mol. The van der Waals surface area contributed by atoms with Gasteiger partial charge in [0.15, 0.2) is 0 Å². The van der Waals surface area contributed by atoms with E-state index in [1.165, 1.54) is 18.2 Å². The van der Waals surface area contributed by atoms with Crippen LogP contribution in [0.4, 0.5) is 4.39 Å². The van der Waals surface area contributed by atoms with Gasteiger partial charge in [-0.1, -0.05) is 6.07 Å². The molecule has 0 spiro atoms. The molecule has 0 aliphatic carbocycles. The highest BCUT2D eigenvalue weighted by atomic mass is 32.2. The predicted molar refractivity (Wildman–Crippen MR) is 74.9 cm³/mol. The van der Waals surface area contributed by atoms with Crippen molar-refractivity contribution in [2.45, 2.75) is 25.7 Å². The molecule has 0 unspecified atom stereocenters. The molecule has 106 valence electrons. The zero-order valence-electron chi connectivity index (χ0n) is 11.5. The van der Waals surface area contributed by atoms with Crippen LogP contribution in [0.5, 0.6) is 5.75 Å². The van der Waals surface area contributed by atoms with Crippen molar-refractivity contribution in [1.29, 1.82) is 0 Å². The van der Waals surface area contributed by atoms with Crippen molar-refractivity contribution in [3.63, 3.8) is 0 Å². The summed E-state index contributed by atoms with van der Waals surface area (Å²) in [4.78, 5) is 0.130. The number of halogens is 1. The molecule has 0 fully saturated rings. The Balaban J connectivity index is 2.41. The highest BCUT2D eigenvalue weighted by molar-refractivity contribution is 7.87. The Morgan fingerprint density at radius 3 is 2.10 bits per heavy atom. The molecule has 0 aliphatic heterocycles. The van der Waals surface area contributed by atoms with E-state index in [0.717, 1.165) is 23.3 Å². The second-order valence-electron chi connectivity index (χ2n) is 4.62. The smallest absolute Gasteiger partial charge is 0.339 e. The second kappa shape index (κ2) is 5.25. The minimum Gasteiger partial charge on any atom is -0.379 e. The summed E-state index contributed by atoms with van der Waals surface area (Å²) in [7, 11) is -3.92. The summed E-state index contributed by atoms with van der Waals surface area (Å²) >= 11 is 0. The Bertz CT molecular complexity index is 734. The summed E-state index contributed by atoms with van der Waals surface area (Å²) in [5.74, 6) is -0.360. The molecule has 0 radical (unpaired) electrons. The van der Waals surface area contributed by atoms with Crippen LogP contribution in [0, 0.1) is 26.6 Å². The van der Waals surface area contributed by atoms with Crippen LogP contribution in [0.3, 0.4) is 0 Å². The maximum absolute atomic E-state index is 12.8. The van der Waals surface area contributed by atoms with Crippen LogP contribution in [0.1, 0.15) is 16.7 Å². The molecule has 0 amide bonds. The van der Waals surface area contributed by atoms with Crippen molar-refractivity contribution in [2.75, 3.05) is 0 Å². The SMILES string of the molecule is Cc1ccc(S(=O)(=O)Oc2ccc(F)cc2)c(C)c1C. The van der Waals surface area contributed by atoms with Gasteiger partial charge in [-0.3, -0.25) is 0 Å². The lowest BCUT2D eigenvalue weighted by Gasteiger charge is -2.12. The predicted octanol–water partition coefficient (Wildman–Crippen LogP) is 3.52. The molecule has 0 saturated heterocycles. The van der Waals surface area contributed by atoms with Gasteiger partial charge in [0, 0.05) is 0 Å². The van der Waals surface area contributed by atoms with Crippen molar-refractivity contribution < 1.29 is 17.0 Å². The van der Waals surface area contributed by atoms with E-state index >= 15 is 0 Å². The van der Waals surface area contributed by atoms with Gasteiger partial charge in [0.1, 0.15) is 16.5 Å². The first-order chi connectivity index (χ1) is 9.31. The van der Waals surface area contributed by atoms with E-state index in [1.54, 1.807) is 13.0 Å². The molecular formula is C15H15FO3S. The molecule has 2 aromatic rings. The molecule has 0 saturated carbocycles. The lowest BCUT2D eigenvalue weighted by molar-refractivity contribution is 0.484. The van der Waals surface area contributed by atoms with Crippen LogP contribution in [-0.4, -0.2) is 8.42 Å². The first-order valence-electron chi connectivity index (χ1n) is 6.08. The van der Waals surface area contributed by atoms with Gasteiger partial charge in [0.2, 0.25) is 0 Å². The second-order valence-corrected chi connectivity index (χ2v) is 6.14. The first kappa shape index (κ1) is 14.5. The third-order valence-corrected chi connectivity index (χ3v) is 4.69. The Labute approximate surface area is 118 Å². The number of rotatable bonds is 3. The Morgan fingerprint density at radius 1 is 0.900 bits per heavy atom. The highest BCUT2D eigenvalue weighted by Gasteiger charge is 2.20. The molecule has 0 N–H and O–H groups in total. The van der Waals surface area contributed by atoms with E-state index in [0.29, 0.717) is 5.56 Å². The van der Waals surface area contributed by atoms with E-state index in [9.17, 15) is 12.8 Å². The molecule has 2 aromatic carbocycles. The lowest BCUT2D eigenvalue weighted by Crippen LogP contribution is -2.12. The van der Waals surface area contributed by atoms with Gasteiger partial charge in [-0.2, -0.15) is 8.42 Å². The molecule has 20 heavy (non-hydrogen) atoms. The zero-order valence-corrected chi connectivity index (χ0v) is 12.3. The summed E-state index contributed by atoms with van der Waals surface area (Å²) < 4.78 is 42.3. The maximum atomic E-state index is 12.8. The van der Waals surface area contributed by atoms with E-state index in [2.05, 4.69) is 0 Å². The van der Waals surface area contributed by atoms with Crippen molar-refractivity contribution in [3.05, 3.63) is 58.9 Å². The van der Waals surface area contributed by atoms with Gasteiger partial charge >= 0.3 is 10.1 Å². The molecule has 2 rings (SSSR count). The quantitative estimate of drug-likeness (QED) is 0.813. The molecule has 0 aromatic heterocycles. The van der Waals surface area contributed by atoms with E-state index in [-0.39, 0.29) is 10.6 Å². The summed E-state index contributed by atoms with van der Waals surface area (Å²) in [6.45, 7) is 5.52. The topological polar surface area (TPSA) is 43.4 Å². The van der Waals surface area contributed by atoms with Crippen LogP contribution in [-0.2, 0) is 10.1 Å². The Hall–Kier alpha value is -1.88. The molecule has 5 heteroatoms. The van der Waals surface area contributed by atoms with Crippen LogP contribution >= 0.6 is 0 Å². The highest BCUT2D eigenvalue weighted by Crippen LogP contribution is 2.25. The van der Waals surface area contributed by atoms with Crippen LogP contribution < -0.4 is 4.18 Å². The van der Waals surface area contributed by atoms with Crippen LogP contribution in [0.25, 0.3) is 0 Å². The molecule has 0 heterocycles. The number of benzene rings is 2. The Morgan fingerprint density at radius 2 is 1.50 bits per heavy atom. The first-order valence-corrected chi connectivity index (χ1v) is 7.49. The minimum absolute atomic E-state index is 0.0871. The van der Waals surface area contributed by atoms with E-state index < -0.39 is 15.9 Å². The number of hydrogen-bond acceptors (Lipinski definition) is 3. The third kappa shape index (κ3) is 2.82. The average Bonchev–Trinajstić information content (AvgIpc) is 2.38. The van der Waals surface area contributed by atoms with E-state index in [1.807, 2.05) is 13.8 Å². The number of hydrogen-bond donors (Lipinski definition) is 0. The fraction of sp³-hybridized carbons (Fsp3) is 0.200. The van der Waals surface area contributed by atoms with Gasteiger partial charge in [0.05, 0.1) is 0 Å². The maximum Gasteiger partial charge on any atom is 0.339 e. The fourth-order valence-electron chi connectivity index (χ4n) is 1.86. The zero-order chi connectivity index (χ0) is 14.9. The lowest BCUT2D eigenvalue weighted by atomic mass is 10.1. The minimum atomic E-state index is -3.92. The van der Waals surface area contributed by atoms with Gasteiger partial charge in [-0.25, -0.2) is 4.39 Å². The molecule has 0 atom stereocenters. The third-order valence-electron chi connectivity index (χ3n) is 3.30. The van der Waals surface area contributed by atoms with Gasteiger partial charge in [0.25, 0.3) is 0 Å². The van der Waals surface area contributed by atoms with E-state index in [4.69, 9.17) is 4.18 Å². The van der Waals surface area contributed by atoms with Gasteiger partial charge in [-0.05, 0) is 67.8 Å². The summed E-state index contributed by atoms with van der Waals surface area (Å²) in [5, 5.41) is 0. The molecule has 0 bridgehead atoms. The molecule has 0 aliphatic rings. The molecule has 3 nitrogen and oxygen atoms in total.